The normalized spacial score (nSPS) is 14.4. The quantitative estimate of drug-likeness (QED) is 0.656. The van der Waals surface area contributed by atoms with Crippen molar-refractivity contribution in [2.45, 2.75) is 24.7 Å². The number of halogens is 1. The molecule has 0 unspecified atom stereocenters. The average molecular weight is 415 g/mol. The van der Waals surface area contributed by atoms with Crippen LogP contribution in [-0.4, -0.2) is 20.9 Å². The molecule has 0 aromatic heterocycles. The summed E-state index contributed by atoms with van der Waals surface area (Å²) < 4.78 is 27.3. The SMILES string of the molecule is Cc1c(Cl)cccc1NC(=O)CCCN1c2cccc3cccc(c23)S1(=O)=O. The summed E-state index contributed by atoms with van der Waals surface area (Å²) in [6, 6.07) is 16.2. The summed E-state index contributed by atoms with van der Waals surface area (Å²) in [7, 11) is -3.58. The van der Waals surface area contributed by atoms with Crippen LogP contribution in [0.3, 0.4) is 0 Å². The number of benzene rings is 3. The predicted octanol–water partition coefficient (Wildman–Crippen LogP) is 4.73. The zero-order valence-corrected chi connectivity index (χ0v) is 16.8. The maximum atomic E-state index is 12.9. The van der Waals surface area contributed by atoms with Crippen molar-refractivity contribution in [1.82, 2.24) is 0 Å². The van der Waals surface area contributed by atoms with E-state index in [-0.39, 0.29) is 18.9 Å². The van der Waals surface area contributed by atoms with Crippen molar-refractivity contribution in [3.63, 3.8) is 0 Å². The van der Waals surface area contributed by atoms with Crippen LogP contribution >= 0.6 is 11.6 Å². The van der Waals surface area contributed by atoms with Crippen molar-refractivity contribution in [2.24, 2.45) is 0 Å². The largest absolute Gasteiger partial charge is 0.326 e. The van der Waals surface area contributed by atoms with Crippen LogP contribution < -0.4 is 9.62 Å². The number of anilines is 2. The second-order valence-electron chi connectivity index (χ2n) is 6.77. The summed E-state index contributed by atoms with van der Waals surface area (Å²) in [4.78, 5) is 12.6. The van der Waals surface area contributed by atoms with Gasteiger partial charge in [0.05, 0.1) is 10.6 Å². The van der Waals surface area contributed by atoms with E-state index in [0.717, 1.165) is 16.3 Å². The molecule has 1 aliphatic rings. The van der Waals surface area contributed by atoms with Gasteiger partial charge in [-0.1, -0.05) is 41.9 Å². The first kappa shape index (κ1) is 18.8. The molecule has 28 heavy (non-hydrogen) atoms. The van der Waals surface area contributed by atoms with Gasteiger partial charge in [-0.05, 0) is 48.6 Å². The minimum Gasteiger partial charge on any atom is -0.326 e. The highest BCUT2D eigenvalue weighted by Crippen LogP contribution is 2.41. The lowest BCUT2D eigenvalue weighted by Gasteiger charge is -2.18. The summed E-state index contributed by atoms with van der Waals surface area (Å²) in [6.45, 7) is 2.09. The van der Waals surface area contributed by atoms with E-state index in [4.69, 9.17) is 11.6 Å². The van der Waals surface area contributed by atoms with E-state index in [9.17, 15) is 13.2 Å². The van der Waals surface area contributed by atoms with Crippen LogP contribution in [0.2, 0.25) is 5.02 Å². The van der Waals surface area contributed by atoms with Gasteiger partial charge in [-0.15, -0.1) is 0 Å². The summed E-state index contributed by atoms with van der Waals surface area (Å²) >= 11 is 6.08. The Labute approximate surface area is 169 Å². The van der Waals surface area contributed by atoms with Gasteiger partial charge >= 0.3 is 0 Å². The van der Waals surface area contributed by atoms with Gasteiger partial charge < -0.3 is 5.32 Å². The van der Waals surface area contributed by atoms with Crippen LogP contribution in [0.25, 0.3) is 10.8 Å². The smallest absolute Gasteiger partial charge is 0.265 e. The third-order valence-corrected chi connectivity index (χ3v) is 7.25. The van der Waals surface area contributed by atoms with E-state index in [1.807, 2.05) is 31.2 Å². The highest BCUT2D eigenvalue weighted by Gasteiger charge is 2.35. The monoisotopic (exact) mass is 414 g/mol. The van der Waals surface area contributed by atoms with Gasteiger partial charge in [-0.3, -0.25) is 9.10 Å². The lowest BCUT2D eigenvalue weighted by molar-refractivity contribution is -0.116. The molecular weight excluding hydrogens is 396 g/mol. The van der Waals surface area contributed by atoms with Gasteiger partial charge in [0.15, 0.2) is 0 Å². The summed E-state index contributed by atoms with van der Waals surface area (Å²) in [6.07, 6.45) is 0.624. The number of amides is 1. The minimum atomic E-state index is -3.58. The number of sulfonamides is 1. The molecule has 1 heterocycles. The summed E-state index contributed by atoms with van der Waals surface area (Å²) in [5.74, 6) is -0.169. The Morgan fingerprint density at radius 1 is 1.07 bits per heavy atom. The van der Waals surface area contributed by atoms with E-state index < -0.39 is 10.0 Å². The second-order valence-corrected chi connectivity index (χ2v) is 9.01. The summed E-state index contributed by atoms with van der Waals surface area (Å²) in [5, 5.41) is 5.08. The highest BCUT2D eigenvalue weighted by molar-refractivity contribution is 7.93. The molecule has 7 heteroatoms. The molecule has 1 amide bonds. The number of rotatable bonds is 5. The van der Waals surface area contributed by atoms with E-state index in [0.29, 0.717) is 27.7 Å². The van der Waals surface area contributed by atoms with Crippen molar-refractivity contribution in [1.29, 1.82) is 0 Å². The zero-order chi connectivity index (χ0) is 19.9. The first-order valence-corrected chi connectivity index (χ1v) is 10.8. The van der Waals surface area contributed by atoms with E-state index >= 15 is 0 Å². The van der Waals surface area contributed by atoms with Crippen molar-refractivity contribution < 1.29 is 13.2 Å². The molecule has 0 fully saturated rings. The Kier molecular flexibility index (Phi) is 4.77. The molecule has 4 rings (SSSR count). The number of nitrogens with one attached hydrogen (secondary N) is 1. The molecule has 3 aromatic carbocycles. The van der Waals surface area contributed by atoms with E-state index in [2.05, 4.69) is 5.32 Å². The lowest BCUT2D eigenvalue weighted by Crippen LogP contribution is -2.29. The first-order chi connectivity index (χ1) is 13.4. The number of carbonyl (C=O) groups is 1. The molecule has 0 bridgehead atoms. The molecule has 0 spiro atoms. The van der Waals surface area contributed by atoms with Crippen molar-refractivity contribution in [2.75, 3.05) is 16.2 Å². The Morgan fingerprint density at radius 2 is 1.79 bits per heavy atom. The fourth-order valence-electron chi connectivity index (χ4n) is 3.54. The molecule has 0 saturated carbocycles. The number of hydrogen-bond donors (Lipinski definition) is 1. The van der Waals surface area contributed by atoms with Gasteiger partial charge in [0.25, 0.3) is 10.0 Å². The summed E-state index contributed by atoms with van der Waals surface area (Å²) in [5.41, 5.74) is 2.16. The standard InChI is InChI=1S/C21H19ClN2O3S/c1-14-16(22)8-4-9-17(14)23-20(25)12-5-13-24-18-10-2-6-15-7-3-11-19(21(15)18)28(24,26)27/h2-4,6-11H,5,12-13H2,1H3,(H,23,25). The van der Waals surface area contributed by atoms with Gasteiger partial charge in [-0.25, -0.2) is 8.42 Å². The molecule has 0 atom stereocenters. The van der Waals surface area contributed by atoms with Crippen LogP contribution in [0, 0.1) is 6.92 Å². The van der Waals surface area contributed by atoms with Crippen LogP contribution in [-0.2, 0) is 14.8 Å². The Bertz CT molecular complexity index is 1190. The number of nitrogens with zero attached hydrogens (tertiary/aromatic N) is 1. The Hall–Kier alpha value is -2.57. The van der Waals surface area contributed by atoms with Crippen molar-refractivity contribution in [3.05, 3.63) is 65.2 Å². The third-order valence-electron chi connectivity index (χ3n) is 4.99. The van der Waals surface area contributed by atoms with Crippen LogP contribution in [0.1, 0.15) is 18.4 Å². The average Bonchev–Trinajstić information content (AvgIpc) is 2.89. The molecule has 144 valence electrons. The second kappa shape index (κ2) is 7.11. The van der Waals surface area contributed by atoms with E-state index in [1.54, 1.807) is 30.3 Å². The third kappa shape index (κ3) is 3.12. The van der Waals surface area contributed by atoms with Gasteiger partial charge in [0, 0.05) is 29.1 Å². The topological polar surface area (TPSA) is 66.5 Å². The lowest BCUT2D eigenvalue weighted by atomic mass is 10.1. The van der Waals surface area contributed by atoms with Crippen molar-refractivity contribution in [3.8, 4) is 0 Å². The minimum absolute atomic E-state index is 0.169. The van der Waals surface area contributed by atoms with Crippen LogP contribution in [0.15, 0.2) is 59.5 Å². The van der Waals surface area contributed by atoms with Gasteiger partial charge in [0.1, 0.15) is 0 Å². The molecule has 1 aliphatic heterocycles. The molecule has 1 N–H and O–H groups in total. The maximum absolute atomic E-state index is 12.9. The molecule has 5 nitrogen and oxygen atoms in total. The maximum Gasteiger partial charge on any atom is 0.265 e. The van der Waals surface area contributed by atoms with E-state index in [1.165, 1.54) is 4.31 Å². The van der Waals surface area contributed by atoms with Crippen LogP contribution in [0.4, 0.5) is 11.4 Å². The molecular formula is C21H19ClN2O3S. The van der Waals surface area contributed by atoms with Crippen LogP contribution in [0.5, 0.6) is 0 Å². The van der Waals surface area contributed by atoms with Crippen molar-refractivity contribution >= 4 is 49.7 Å². The molecule has 0 saturated heterocycles. The zero-order valence-electron chi connectivity index (χ0n) is 15.3. The first-order valence-electron chi connectivity index (χ1n) is 8.99. The Balaban J connectivity index is 1.47. The number of hydrogen-bond acceptors (Lipinski definition) is 3. The molecule has 0 radical (unpaired) electrons. The Morgan fingerprint density at radius 3 is 2.57 bits per heavy atom. The fourth-order valence-corrected chi connectivity index (χ4v) is 5.46. The van der Waals surface area contributed by atoms with Gasteiger partial charge in [-0.2, -0.15) is 0 Å². The molecule has 3 aromatic rings. The fraction of sp³-hybridized carbons (Fsp3) is 0.190. The molecule has 0 aliphatic carbocycles. The highest BCUT2D eigenvalue weighted by atomic mass is 35.5. The number of carbonyl (C=O) groups excluding carboxylic acids is 1. The predicted molar refractivity (Wildman–Crippen MR) is 113 cm³/mol. The van der Waals surface area contributed by atoms with Gasteiger partial charge in [0.2, 0.25) is 5.91 Å².